The van der Waals surface area contributed by atoms with Crippen LogP contribution < -0.4 is 19.6 Å². The monoisotopic (exact) mass is 730 g/mol. The first-order valence-electron chi connectivity index (χ1n) is 14.5. The quantitative estimate of drug-likeness (QED) is 0.115. The van der Waals surface area contributed by atoms with E-state index in [4.69, 9.17) is 26.1 Å². The van der Waals surface area contributed by atoms with Crippen LogP contribution in [0.25, 0.3) is 11.8 Å². The maximum Gasteiger partial charge on any atom is 0.338 e. The van der Waals surface area contributed by atoms with Crippen molar-refractivity contribution in [2.75, 3.05) is 12.9 Å². The summed E-state index contributed by atoms with van der Waals surface area (Å²) in [5.41, 5.74) is 3.95. The van der Waals surface area contributed by atoms with Crippen LogP contribution in [0, 0.1) is 0 Å². The Morgan fingerprint density at radius 3 is 2.46 bits per heavy atom. The van der Waals surface area contributed by atoms with E-state index in [-0.39, 0.29) is 12.2 Å². The van der Waals surface area contributed by atoms with Crippen molar-refractivity contribution in [3.8, 4) is 5.75 Å². The molecule has 0 spiro atoms. The minimum atomic E-state index is -0.723. The normalized spacial score (nSPS) is 14.5. The highest BCUT2D eigenvalue weighted by molar-refractivity contribution is 9.10. The number of benzene rings is 4. The molecular formula is C36H28BrClN2O4S2. The Kier molecular flexibility index (Phi) is 9.94. The van der Waals surface area contributed by atoms with Crippen LogP contribution >= 0.6 is 50.6 Å². The van der Waals surface area contributed by atoms with Gasteiger partial charge in [0.25, 0.3) is 5.56 Å². The molecule has 0 fully saturated rings. The van der Waals surface area contributed by atoms with Gasteiger partial charge in [0.05, 0.1) is 32.9 Å². The van der Waals surface area contributed by atoms with Crippen molar-refractivity contribution in [2.24, 2.45) is 4.99 Å². The fourth-order valence-electron chi connectivity index (χ4n) is 5.16. The number of rotatable bonds is 9. The topological polar surface area (TPSA) is 69.9 Å². The van der Waals surface area contributed by atoms with Gasteiger partial charge in [-0.05, 0) is 88.3 Å². The Bertz CT molecular complexity index is 2110. The number of esters is 1. The number of halogens is 2. The minimum Gasteiger partial charge on any atom is -0.488 e. The molecule has 46 heavy (non-hydrogen) atoms. The maximum atomic E-state index is 14.2. The lowest BCUT2D eigenvalue weighted by Gasteiger charge is -2.26. The first-order chi connectivity index (χ1) is 22.4. The van der Waals surface area contributed by atoms with E-state index in [0.29, 0.717) is 38.0 Å². The lowest BCUT2D eigenvalue weighted by Crippen LogP contribution is -2.40. The van der Waals surface area contributed by atoms with Gasteiger partial charge in [-0.15, -0.1) is 11.8 Å². The molecule has 5 aromatic rings. The second kappa shape index (κ2) is 14.3. The van der Waals surface area contributed by atoms with E-state index in [2.05, 4.69) is 15.9 Å². The SMILES string of the molecule is CCOC(=O)C1=C(c2ccccc2)N=c2s/c(=C\c3ccc(OCc4ccc(Cl)cc4)c(Br)c3)c(=O)n2[C@H]1c1ccc(SC)cc1. The van der Waals surface area contributed by atoms with Gasteiger partial charge >= 0.3 is 5.97 Å². The average Bonchev–Trinajstić information content (AvgIpc) is 3.38. The van der Waals surface area contributed by atoms with Gasteiger partial charge in [0.1, 0.15) is 12.4 Å². The molecule has 0 radical (unpaired) electrons. The summed E-state index contributed by atoms with van der Waals surface area (Å²) < 4.78 is 14.4. The smallest absolute Gasteiger partial charge is 0.338 e. The Morgan fingerprint density at radius 1 is 1.04 bits per heavy atom. The fourth-order valence-corrected chi connectivity index (χ4v) is 7.21. The summed E-state index contributed by atoms with van der Waals surface area (Å²) in [6, 6.07) is 29.9. The molecule has 10 heteroatoms. The molecule has 0 bridgehead atoms. The minimum absolute atomic E-state index is 0.196. The highest BCUT2D eigenvalue weighted by Gasteiger charge is 2.35. The summed E-state index contributed by atoms with van der Waals surface area (Å²) in [7, 11) is 0. The predicted molar refractivity (Wildman–Crippen MR) is 189 cm³/mol. The molecule has 0 aliphatic carbocycles. The van der Waals surface area contributed by atoms with Crippen LogP contribution in [-0.4, -0.2) is 23.4 Å². The Labute approximate surface area is 287 Å². The number of hydrogen-bond acceptors (Lipinski definition) is 7. The van der Waals surface area contributed by atoms with Crippen LogP contribution in [0.4, 0.5) is 0 Å². The number of fused-ring (bicyclic) bond motifs is 1. The summed E-state index contributed by atoms with van der Waals surface area (Å²) in [5, 5.41) is 0.674. The number of carbonyl (C=O) groups excluding carboxylic acids is 1. The highest BCUT2D eigenvalue weighted by atomic mass is 79.9. The Hall–Kier alpha value is -3.89. The largest absolute Gasteiger partial charge is 0.488 e. The third-order valence-electron chi connectivity index (χ3n) is 7.37. The zero-order valence-electron chi connectivity index (χ0n) is 24.9. The van der Waals surface area contributed by atoms with Crippen molar-refractivity contribution in [3.63, 3.8) is 0 Å². The van der Waals surface area contributed by atoms with E-state index in [0.717, 1.165) is 31.6 Å². The number of aromatic nitrogens is 1. The number of hydrogen-bond donors (Lipinski definition) is 0. The van der Waals surface area contributed by atoms with Crippen LogP contribution in [-0.2, 0) is 16.1 Å². The molecule has 1 atom stereocenters. The third kappa shape index (κ3) is 6.78. The fraction of sp³-hybridized carbons (Fsp3) is 0.139. The summed E-state index contributed by atoms with van der Waals surface area (Å²) in [6.07, 6.45) is 3.84. The summed E-state index contributed by atoms with van der Waals surface area (Å²) in [4.78, 5) is 34.3. The van der Waals surface area contributed by atoms with Gasteiger partial charge in [-0.1, -0.05) is 83.6 Å². The molecule has 0 saturated heterocycles. The van der Waals surface area contributed by atoms with Gasteiger partial charge in [-0.2, -0.15) is 0 Å². The predicted octanol–water partition coefficient (Wildman–Crippen LogP) is 7.65. The van der Waals surface area contributed by atoms with E-state index in [1.165, 1.54) is 11.3 Å². The first-order valence-corrected chi connectivity index (χ1v) is 17.7. The van der Waals surface area contributed by atoms with E-state index < -0.39 is 12.0 Å². The van der Waals surface area contributed by atoms with Crippen molar-refractivity contribution in [1.82, 2.24) is 4.57 Å². The van der Waals surface area contributed by atoms with E-state index in [1.54, 1.807) is 23.3 Å². The van der Waals surface area contributed by atoms with Gasteiger partial charge in [-0.3, -0.25) is 9.36 Å². The van der Waals surface area contributed by atoms with Crippen LogP contribution in [0.1, 0.15) is 35.2 Å². The van der Waals surface area contributed by atoms with Gasteiger partial charge in [-0.25, -0.2) is 9.79 Å². The number of nitrogens with zero attached hydrogens (tertiary/aromatic N) is 2. The van der Waals surface area contributed by atoms with E-state index >= 15 is 0 Å². The van der Waals surface area contributed by atoms with Crippen molar-refractivity contribution in [2.45, 2.75) is 24.5 Å². The van der Waals surface area contributed by atoms with Gasteiger partial charge < -0.3 is 9.47 Å². The highest BCUT2D eigenvalue weighted by Crippen LogP contribution is 2.36. The number of thiazole rings is 1. The standard InChI is InChI=1S/C36H28BrClN2O4S2/c1-3-43-35(42)31-32(24-7-5-4-6-8-24)39-36-40(33(31)25-12-16-27(45-2)17-13-25)34(41)30(46-36)20-23-11-18-29(28(37)19-23)44-21-22-9-14-26(38)15-10-22/h4-20,33H,3,21H2,1-2H3/b30-20-/t33-/m0/s1. The van der Waals surface area contributed by atoms with Gasteiger partial charge in [0.15, 0.2) is 4.80 Å². The summed E-state index contributed by atoms with van der Waals surface area (Å²) in [5.74, 6) is 0.172. The van der Waals surface area contributed by atoms with Gasteiger partial charge in [0, 0.05) is 15.5 Å². The van der Waals surface area contributed by atoms with Gasteiger partial charge in [0.2, 0.25) is 0 Å². The molecule has 2 heterocycles. The van der Waals surface area contributed by atoms with Crippen molar-refractivity contribution in [3.05, 3.63) is 154 Å². The van der Waals surface area contributed by atoms with Crippen LogP contribution in [0.5, 0.6) is 5.75 Å². The van der Waals surface area contributed by atoms with E-state index in [1.807, 2.05) is 109 Å². The van der Waals surface area contributed by atoms with Crippen molar-refractivity contribution >= 4 is 68.4 Å². The van der Waals surface area contributed by atoms with Crippen molar-refractivity contribution in [1.29, 1.82) is 0 Å². The Balaban J connectivity index is 1.45. The molecule has 0 unspecified atom stereocenters. The third-order valence-corrected chi connectivity index (χ3v) is 9.96. The number of ether oxygens (including phenoxy) is 2. The number of thioether (sulfide) groups is 1. The lowest BCUT2D eigenvalue weighted by molar-refractivity contribution is -0.138. The van der Waals surface area contributed by atoms with Crippen LogP contribution in [0.2, 0.25) is 5.02 Å². The second-order valence-electron chi connectivity index (χ2n) is 10.3. The second-order valence-corrected chi connectivity index (χ2v) is 13.5. The Morgan fingerprint density at radius 2 is 1.78 bits per heavy atom. The average molecular weight is 732 g/mol. The molecule has 0 amide bonds. The summed E-state index contributed by atoms with van der Waals surface area (Å²) in [6.45, 7) is 2.35. The molecular weight excluding hydrogens is 704 g/mol. The van der Waals surface area contributed by atoms with E-state index in [9.17, 15) is 9.59 Å². The molecule has 4 aromatic carbocycles. The molecule has 0 N–H and O–H groups in total. The molecule has 1 aliphatic heterocycles. The maximum absolute atomic E-state index is 14.2. The molecule has 6 nitrogen and oxygen atoms in total. The molecule has 0 saturated carbocycles. The summed E-state index contributed by atoms with van der Waals surface area (Å²) >= 11 is 12.5. The lowest BCUT2D eigenvalue weighted by atomic mass is 9.93. The zero-order valence-corrected chi connectivity index (χ0v) is 28.9. The van der Waals surface area contributed by atoms with Crippen molar-refractivity contribution < 1.29 is 14.3 Å². The number of carbonyl (C=O) groups is 1. The molecule has 1 aliphatic rings. The van der Waals surface area contributed by atoms with Crippen LogP contribution in [0.15, 0.2) is 122 Å². The zero-order chi connectivity index (χ0) is 32.2. The van der Waals surface area contributed by atoms with Crippen LogP contribution in [0.3, 0.4) is 0 Å². The molecule has 232 valence electrons. The first kappa shape index (κ1) is 32.1. The molecule has 6 rings (SSSR count). The molecule has 1 aromatic heterocycles.